The Labute approximate surface area is 151 Å². The van der Waals surface area contributed by atoms with E-state index in [1.165, 1.54) is 31.3 Å². The number of Topliss-reactive ketones (excluding diaryl/α,β-unsaturated/α-hetero) is 1. The van der Waals surface area contributed by atoms with Crippen LogP contribution in [0, 0.1) is 5.41 Å². The van der Waals surface area contributed by atoms with Gasteiger partial charge in [0.05, 0.1) is 0 Å². The second-order valence-corrected chi connectivity index (χ2v) is 9.29. The quantitative estimate of drug-likeness (QED) is 0.309. The minimum absolute atomic E-state index is 0.203. The van der Waals surface area contributed by atoms with Crippen molar-refractivity contribution in [2.75, 3.05) is 6.54 Å². The second-order valence-electron chi connectivity index (χ2n) is 9.29. The standard InChI is InChI=1S/C22H43NO/c1-19(21(2,3)4)15-11-8-9-12-16-20(24)17-13-10-14-18-23-22(5,6)7/h23H,1,8-18H2,2-7H3. The Morgan fingerprint density at radius 3 is 1.67 bits per heavy atom. The third kappa shape index (κ3) is 14.9. The average Bonchev–Trinajstić information content (AvgIpc) is 2.43. The van der Waals surface area contributed by atoms with Gasteiger partial charge in [-0.3, -0.25) is 4.79 Å². The molecule has 0 atom stereocenters. The molecule has 0 amide bonds. The second kappa shape index (κ2) is 11.8. The van der Waals surface area contributed by atoms with Crippen LogP contribution in [0.1, 0.15) is 106 Å². The molecule has 0 spiro atoms. The van der Waals surface area contributed by atoms with Gasteiger partial charge in [0.1, 0.15) is 5.78 Å². The van der Waals surface area contributed by atoms with Gasteiger partial charge >= 0.3 is 0 Å². The summed E-state index contributed by atoms with van der Waals surface area (Å²) < 4.78 is 0. The van der Waals surface area contributed by atoms with Gasteiger partial charge in [-0.05, 0) is 64.8 Å². The summed E-state index contributed by atoms with van der Waals surface area (Å²) in [6.45, 7) is 18.5. The highest BCUT2D eigenvalue weighted by atomic mass is 16.1. The molecule has 0 fully saturated rings. The van der Waals surface area contributed by atoms with E-state index in [-0.39, 0.29) is 11.0 Å². The van der Waals surface area contributed by atoms with Gasteiger partial charge in [-0.15, -0.1) is 0 Å². The summed E-state index contributed by atoms with van der Waals surface area (Å²) in [5.74, 6) is 0.456. The minimum atomic E-state index is 0.203. The van der Waals surface area contributed by atoms with Gasteiger partial charge in [-0.25, -0.2) is 0 Å². The van der Waals surface area contributed by atoms with E-state index in [1.807, 2.05) is 0 Å². The van der Waals surface area contributed by atoms with Crippen LogP contribution < -0.4 is 5.32 Å². The third-order valence-electron chi connectivity index (χ3n) is 4.53. The number of hydrogen-bond donors (Lipinski definition) is 1. The zero-order chi connectivity index (χ0) is 18.6. The topological polar surface area (TPSA) is 29.1 Å². The number of unbranched alkanes of at least 4 members (excludes halogenated alkanes) is 5. The fourth-order valence-electron chi connectivity index (χ4n) is 2.60. The van der Waals surface area contributed by atoms with Crippen molar-refractivity contribution in [2.45, 2.75) is 111 Å². The zero-order valence-corrected chi connectivity index (χ0v) is 17.4. The molecule has 0 aliphatic carbocycles. The fraction of sp³-hybridized carbons (Fsp3) is 0.864. The molecule has 0 saturated carbocycles. The molecule has 2 nitrogen and oxygen atoms in total. The van der Waals surface area contributed by atoms with Gasteiger partial charge < -0.3 is 5.32 Å². The lowest BCUT2D eigenvalue weighted by Gasteiger charge is -2.21. The summed E-state index contributed by atoms with van der Waals surface area (Å²) in [5.41, 5.74) is 1.78. The van der Waals surface area contributed by atoms with E-state index < -0.39 is 0 Å². The molecule has 0 heterocycles. The lowest BCUT2D eigenvalue weighted by atomic mass is 9.84. The Morgan fingerprint density at radius 2 is 1.21 bits per heavy atom. The number of carbonyl (C=O) groups is 1. The van der Waals surface area contributed by atoms with Crippen molar-refractivity contribution in [2.24, 2.45) is 5.41 Å². The van der Waals surface area contributed by atoms with Crippen LogP contribution in [0.25, 0.3) is 0 Å². The Morgan fingerprint density at radius 1 is 0.750 bits per heavy atom. The summed E-state index contributed by atoms with van der Waals surface area (Å²) >= 11 is 0. The molecule has 0 aromatic rings. The van der Waals surface area contributed by atoms with Gasteiger partial charge in [0.25, 0.3) is 0 Å². The number of carbonyl (C=O) groups excluding carboxylic acids is 1. The predicted molar refractivity (Wildman–Crippen MR) is 108 cm³/mol. The maximum absolute atomic E-state index is 11.9. The SMILES string of the molecule is C=C(CCCCCCC(=O)CCCCCNC(C)(C)C)C(C)(C)C. The number of nitrogens with one attached hydrogen (secondary N) is 1. The van der Waals surface area contributed by atoms with Crippen LogP contribution in [-0.2, 0) is 4.79 Å². The van der Waals surface area contributed by atoms with Crippen LogP contribution in [-0.4, -0.2) is 17.9 Å². The Kier molecular flexibility index (Phi) is 11.5. The Balaban J connectivity index is 3.43. The lowest BCUT2D eigenvalue weighted by molar-refractivity contribution is -0.119. The molecule has 0 unspecified atom stereocenters. The molecule has 142 valence electrons. The van der Waals surface area contributed by atoms with Crippen LogP contribution in [0.5, 0.6) is 0 Å². The number of ketones is 1. The molecule has 0 aliphatic rings. The van der Waals surface area contributed by atoms with E-state index in [9.17, 15) is 4.79 Å². The van der Waals surface area contributed by atoms with E-state index in [2.05, 4.69) is 53.4 Å². The van der Waals surface area contributed by atoms with E-state index in [4.69, 9.17) is 0 Å². The van der Waals surface area contributed by atoms with Crippen molar-refractivity contribution < 1.29 is 4.79 Å². The molecule has 0 aliphatic heterocycles. The van der Waals surface area contributed by atoms with Gasteiger partial charge in [-0.1, -0.05) is 52.2 Å². The lowest BCUT2D eigenvalue weighted by Crippen LogP contribution is -2.36. The third-order valence-corrected chi connectivity index (χ3v) is 4.53. The van der Waals surface area contributed by atoms with Crippen LogP contribution in [0.3, 0.4) is 0 Å². The van der Waals surface area contributed by atoms with Crippen molar-refractivity contribution in [1.82, 2.24) is 5.32 Å². The van der Waals surface area contributed by atoms with Crippen LogP contribution in [0.4, 0.5) is 0 Å². The first-order valence-corrected chi connectivity index (χ1v) is 9.97. The van der Waals surface area contributed by atoms with E-state index in [1.54, 1.807) is 0 Å². The van der Waals surface area contributed by atoms with E-state index >= 15 is 0 Å². The Bertz CT molecular complexity index is 357. The maximum Gasteiger partial charge on any atom is 0.132 e. The Hall–Kier alpha value is -0.630. The molecule has 1 N–H and O–H groups in total. The molecule has 0 aromatic heterocycles. The normalized spacial score (nSPS) is 12.4. The molecular weight excluding hydrogens is 294 g/mol. The predicted octanol–water partition coefficient (Wildman–Crippen LogP) is 6.45. The van der Waals surface area contributed by atoms with E-state index in [0.717, 1.165) is 45.1 Å². The number of rotatable bonds is 13. The fourth-order valence-corrected chi connectivity index (χ4v) is 2.60. The molecular formula is C22H43NO. The van der Waals surface area contributed by atoms with Gasteiger partial charge in [-0.2, -0.15) is 0 Å². The number of allylic oxidation sites excluding steroid dienone is 1. The summed E-state index contributed by atoms with van der Waals surface area (Å²) in [5, 5.41) is 3.49. The van der Waals surface area contributed by atoms with Gasteiger partial charge in [0.2, 0.25) is 0 Å². The highest BCUT2D eigenvalue weighted by molar-refractivity contribution is 5.78. The average molecular weight is 338 g/mol. The highest BCUT2D eigenvalue weighted by Crippen LogP contribution is 2.27. The first-order chi connectivity index (χ1) is 11.0. The minimum Gasteiger partial charge on any atom is -0.312 e. The molecule has 24 heavy (non-hydrogen) atoms. The van der Waals surface area contributed by atoms with E-state index in [0.29, 0.717) is 5.78 Å². The van der Waals surface area contributed by atoms with Crippen molar-refractivity contribution in [1.29, 1.82) is 0 Å². The first kappa shape index (κ1) is 23.4. The highest BCUT2D eigenvalue weighted by Gasteiger charge is 2.13. The molecule has 2 heteroatoms. The van der Waals surface area contributed by atoms with Crippen molar-refractivity contribution in [3.05, 3.63) is 12.2 Å². The molecule has 0 saturated heterocycles. The van der Waals surface area contributed by atoms with Crippen LogP contribution >= 0.6 is 0 Å². The molecule has 0 radical (unpaired) electrons. The smallest absolute Gasteiger partial charge is 0.132 e. The van der Waals surface area contributed by atoms with Crippen LogP contribution in [0.15, 0.2) is 12.2 Å². The number of hydrogen-bond acceptors (Lipinski definition) is 2. The zero-order valence-electron chi connectivity index (χ0n) is 17.4. The maximum atomic E-state index is 11.9. The summed E-state index contributed by atoms with van der Waals surface area (Å²) in [7, 11) is 0. The van der Waals surface area contributed by atoms with Crippen molar-refractivity contribution in [3.8, 4) is 0 Å². The molecule has 0 bridgehead atoms. The van der Waals surface area contributed by atoms with Crippen molar-refractivity contribution >= 4 is 5.78 Å². The largest absolute Gasteiger partial charge is 0.312 e. The van der Waals surface area contributed by atoms with Crippen molar-refractivity contribution in [3.63, 3.8) is 0 Å². The van der Waals surface area contributed by atoms with Gasteiger partial charge in [0, 0.05) is 18.4 Å². The first-order valence-electron chi connectivity index (χ1n) is 9.97. The summed E-state index contributed by atoms with van der Waals surface area (Å²) in [4.78, 5) is 11.9. The summed E-state index contributed by atoms with van der Waals surface area (Å²) in [6.07, 6.45) is 10.7. The molecule has 0 rings (SSSR count). The summed E-state index contributed by atoms with van der Waals surface area (Å²) in [6, 6.07) is 0. The molecule has 0 aromatic carbocycles. The van der Waals surface area contributed by atoms with Crippen LogP contribution in [0.2, 0.25) is 0 Å². The van der Waals surface area contributed by atoms with Gasteiger partial charge in [0.15, 0.2) is 0 Å². The monoisotopic (exact) mass is 337 g/mol.